The molecule has 1 aromatic carbocycles. The van der Waals surface area contributed by atoms with Crippen LogP contribution in [0, 0.1) is 5.92 Å². The Hall–Kier alpha value is -1.81. The van der Waals surface area contributed by atoms with Crippen molar-refractivity contribution in [2.75, 3.05) is 13.6 Å². The molecule has 0 aliphatic heterocycles. The molecule has 1 amide bonds. The largest absolute Gasteiger partial charge is 0.393 e. The number of aliphatic hydroxyl groups excluding tert-OH is 1. The van der Waals surface area contributed by atoms with E-state index in [-0.39, 0.29) is 12.0 Å². The van der Waals surface area contributed by atoms with Gasteiger partial charge in [-0.1, -0.05) is 18.2 Å². The number of H-pyrrole nitrogens is 1. The number of carbonyl (C=O) groups is 1. The van der Waals surface area contributed by atoms with Crippen molar-refractivity contribution in [2.45, 2.75) is 18.9 Å². The van der Waals surface area contributed by atoms with E-state index in [2.05, 4.69) is 4.98 Å². The fourth-order valence-corrected chi connectivity index (χ4v) is 2.77. The molecule has 0 spiro atoms. The highest BCUT2D eigenvalue weighted by atomic mass is 16.3. The predicted molar refractivity (Wildman–Crippen MR) is 74.0 cm³/mol. The number of carbonyl (C=O) groups excluding carboxylic acids is 1. The maximum atomic E-state index is 12.4. The van der Waals surface area contributed by atoms with Crippen LogP contribution in [0.1, 0.15) is 23.2 Å². The number of benzene rings is 1. The number of para-hydroxylation sites is 1. The first-order valence-electron chi connectivity index (χ1n) is 6.65. The lowest BCUT2D eigenvalue weighted by Gasteiger charge is -2.34. The van der Waals surface area contributed by atoms with E-state index in [1.54, 1.807) is 11.1 Å². The average molecular weight is 258 g/mol. The van der Waals surface area contributed by atoms with E-state index in [4.69, 9.17) is 0 Å². The summed E-state index contributed by atoms with van der Waals surface area (Å²) in [5.41, 5.74) is 1.70. The van der Waals surface area contributed by atoms with Crippen LogP contribution in [0.5, 0.6) is 0 Å². The molecule has 1 aliphatic rings. The van der Waals surface area contributed by atoms with Gasteiger partial charge in [0.15, 0.2) is 0 Å². The third-order valence-electron chi connectivity index (χ3n) is 3.91. The molecule has 0 radical (unpaired) electrons. The van der Waals surface area contributed by atoms with Crippen molar-refractivity contribution in [1.29, 1.82) is 0 Å². The lowest BCUT2D eigenvalue weighted by Crippen LogP contribution is -2.39. The van der Waals surface area contributed by atoms with Crippen molar-refractivity contribution in [3.63, 3.8) is 0 Å². The first-order valence-corrected chi connectivity index (χ1v) is 6.65. The van der Waals surface area contributed by atoms with Crippen LogP contribution in [0.2, 0.25) is 0 Å². The fraction of sp³-hybridized carbons (Fsp3) is 0.400. The van der Waals surface area contributed by atoms with Gasteiger partial charge >= 0.3 is 0 Å². The number of aromatic nitrogens is 1. The Labute approximate surface area is 112 Å². The van der Waals surface area contributed by atoms with Gasteiger partial charge in [0.05, 0.1) is 11.7 Å². The Morgan fingerprint density at radius 3 is 2.89 bits per heavy atom. The Balaban J connectivity index is 1.75. The summed E-state index contributed by atoms with van der Waals surface area (Å²) in [6, 6.07) is 7.82. The summed E-state index contributed by atoms with van der Waals surface area (Å²) in [5, 5.41) is 10.3. The van der Waals surface area contributed by atoms with Gasteiger partial charge in [-0.05, 0) is 24.8 Å². The second kappa shape index (κ2) is 4.70. The van der Waals surface area contributed by atoms with Gasteiger partial charge in [-0.3, -0.25) is 4.79 Å². The van der Waals surface area contributed by atoms with Gasteiger partial charge < -0.3 is 15.0 Å². The zero-order valence-electron chi connectivity index (χ0n) is 11.0. The fourth-order valence-electron chi connectivity index (χ4n) is 2.77. The van der Waals surface area contributed by atoms with E-state index >= 15 is 0 Å². The number of rotatable bonds is 3. The molecule has 1 fully saturated rings. The second-order valence-corrected chi connectivity index (χ2v) is 5.42. The first kappa shape index (κ1) is 12.2. The van der Waals surface area contributed by atoms with Crippen LogP contribution in [0.25, 0.3) is 10.9 Å². The van der Waals surface area contributed by atoms with E-state index in [0.717, 1.165) is 35.9 Å². The van der Waals surface area contributed by atoms with Gasteiger partial charge in [0.25, 0.3) is 5.91 Å². The number of aliphatic hydroxyl groups is 1. The Kier molecular flexibility index (Phi) is 3.03. The predicted octanol–water partition coefficient (Wildman–Crippen LogP) is 2.01. The SMILES string of the molecule is CN(CC1CC(O)C1)C(=O)c1c[nH]c2ccccc12. The number of hydrogen-bond donors (Lipinski definition) is 2. The molecule has 1 heterocycles. The second-order valence-electron chi connectivity index (χ2n) is 5.42. The van der Waals surface area contributed by atoms with Gasteiger partial charge in [0.2, 0.25) is 0 Å². The van der Waals surface area contributed by atoms with Crippen LogP contribution in [0.15, 0.2) is 30.5 Å². The van der Waals surface area contributed by atoms with Crippen LogP contribution in [-0.2, 0) is 0 Å². The van der Waals surface area contributed by atoms with E-state index in [9.17, 15) is 9.90 Å². The summed E-state index contributed by atoms with van der Waals surface area (Å²) >= 11 is 0. The standard InChI is InChI=1S/C15H18N2O2/c1-17(9-10-6-11(18)7-10)15(19)13-8-16-14-5-3-2-4-12(13)14/h2-5,8,10-11,16,18H,6-7,9H2,1H3. The molecule has 100 valence electrons. The third-order valence-corrected chi connectivity index (χ3v) is 3.91. The quantitative estimate of drug-likeness (QED) is 0.884. The number of fused-ring (bicyclic) bond motifs is 1. The summed E-state index contributed by atoms with van der Waals surface area (Å²) in [7, 11) is 1.83. The third kappa shape index (κ3) is 2.24. The molecule has 0 saturated heterocycles. The summed E-state index contributed by atoms with van der Waals surface area (Å²) in [5.74, 6) is 0.480. The summed E-state index contributed by atoms with van der Waals surface area (Å²) < 4.78 is 0. The van der Waals surface area contributed by atoms with Crippen molar-refractivity contribution in [3.8, 4) is 0 Å². The van der Waals surface area contributed by atoms with E-state index in [1.807, 2.05) is 31.3 Å². The molecule has 4 nitrogen and oxygen atoms in total. The molecule has 1 saturated carbocycles. The first-order chi connectivity index (χ1) is 9.15. The van der Waals surface area contributed by atoms with E-state index in [0.29, 0.717) is 5.92 Å². The number of hydrogen-bond acceptors (Lipinski definition) is 2. The molecule has 0 atom stereocenters. The molecule has 0 unspecified atom stereocenters. The summed E-state index contributed by atoms with van der Waals surface area (Å²) in [6.07, 6.45) is 3.23. The number of aromatic amines is 1. The van der Waals surface area contributed by atoms with Crippen LogP contribution >= 0.6 is 0 Å². The Morgan fingerprint density at radius 1 is 1.42 bits per heavy atom. The minimum absolute atomic E-state index is 0.0406. The maximum absolute atomic E-state index is 12.4. The molecule has 2 N–H and O–H groups in total. The van der Waals surface area contributed by atoms with Crippen LogP contribution in [-0.4, -0.2) is 40.6 Å². The topological polar surface area (TPSA) is 56.3 Å². The van der Waals surface area contributed by atoms with E-state index in [1.165, 1.54) is 0 Å². The van der Waals surface area contributed by atoms with Crippen LogP contribution < -0.4 is 0 Å². The molecular formula is C15H18N2O2. The normalized spacial score (nSPS) is 22.2. The smallest absolute Gasteiger partial charge is 0.255 e. The van der Waals surface area contributed by atoms with Crippen molar-refractivity contribution >= 4 is 16.8 Å². The molecule has 1 aromatic heterocycles. The highest BCUT2D eigenvalue weighted by Gasteiger charge is 2.29. The van der Waals surface area contributed by atoms with Crippen molar-refractivity contribution in [3.05, 3.63) is 36.0 Å². The molecule has 1 aliphatic carbocycles. The zero-order valence-corrected chi connectivity index (χ0v) is 11.0. The lowest BCUT2D eigenvalue weighted by molar-refractivity contribution is 0.0266. The van der Waals surface area contributed by atoms with Gasteiger partial charge in [-0.2, -0.15) is 0 Å². The number of nitrogens with one attached hydrogen (secondary N) is 1. The van der Waals surface area contributed by atoms with Gasteiger partial charge in [0, 0.05) is 30.7 Å². The highest BCUT2D eigenvalue weighted by Crippen LogP contribution is 2.28. The summed E-state index contributed by atoms with van der Waals surface area (Å²) in [6.45, 7) is 0.718. The van der Waals surface area contributed by atoms with Crippen molar-refractivity contribution < 1.29 is 9.90 Å². The van der Waals surface area contributed by atoms with Crippen molar-refractivity contribution in [1.82, 2.24) is 9.88 Å². The molecule has 4 heteroatoms. The van der Waals surface area contributed by atoms with Gasteiger partial charge in [-0.15, -0.1) is 0 Å². The van der Waals surface area contributed by atoms with Crippen molar-refractivity contribution in [2.24, 2.45) is 5.92 Å². The molecular weight excluding hydrogens is 240 g/mol. The van der Waals surface area contributed by atoms with Crippen LogP contribution in [0.3, 0.4) is 0 Å². The average Bonchev–Trinajstić information content (AvgIpc) is 2.79. The monoisotopic (exact) mass is 258 g/mol. The number of nitrogens with zero attached hydrogens (tertiary/aromatic N) is 1. The molecule has 0 bridgehead atoms. The van der Waals surface area contributed by atoms with Gasteiger partial charge in [0.1, 0.15) is 0 Å². The highest BCUT2D eigenvalue weighted by molar-refractivity contribution is 6.06. The Bertz CT molecular complexity index is 599. The minimum atomic E-state index is -0.165. The maximum Gasteiger partial charge on any atom is 0.255 e. The number of amides is 1. The molecule has 19 heavy (non-hydrogen) atoms. The molecule has 2 aromatic rings. The Morgan fingerprint density at radius 2 is 2.16 bits per heavy atom. The zero-order chi connectivity index (χ0) is 13.4. The lowest BCUT2D eigenvalue weighted by atomic mass is 9.82. The minimum Gasteiger partial charge on any atom is -0.393 e. The van der Waals surface area contributed by atoms with Crippen LogP contribution in [0.4, 0.5) is 0 Å². The van der Waals surface area contributed by atoms with Gasteiger partial charge in [-0.25, -0.2) is 0 Å². The van der Waals surface area contributed by atoms with E-state index < -0.39 is 0 Å². The summed E-state index contributed by atoms with van der Waals surface area (Å²) in [4.78, 5) is 17.3. The molecule has 3 rings (SSSR count).